The van der Waals surface area contributed by atoms with Crippen LogP contribution in [0.3, 0.4) is 0 Å². The fourth-order valence-corrected chi connectivity index (χ4v) is 3.28. The number of nitrogens with two attached hydrogens (primary N) is 1. The zero-order valence-electron chi connectivity index (χ0n) is 11.6. The van der Waals surface area contributed by atoms with Gasteiger partial charge in [0.2, 0.25) is 5.91 Å². The van der Waals surface area contributed by atoms with Crippen LogP contribution in [0.2, 0.25) is 0 Å². The van der Waals surface area contributed by atoms with Gasteiger partial charge in [-0.1, -0.05) is 12.8 Å². The van der Waals surface area contributed by atoms with Gasteiger partial charge in [0.25, 0.3) is 0 Å². The van der Waals surface area contributed by atoms with Gasteiger partial charge in [0.15, 0.2) is 0 Å². The van der Waals surface area contributed by atoms with Gasteiger partial charge in [-0.25, -0.2) is 0 Å². The molecule has 1 aliphatic carbocycles. The van der Waals surface area contributed by atoms with Gasteiger partial charge in [0, 0.05) is 26.4 Å². The van der Waals surface area contributed by atoms with Crippen LogP contribution in [0.15, 0.2) is 0 Å². The maximum Gasteiger partial charge on any atom is 0.240 e. The van der Waals surface area contributed by atoms with E-state index in [2.05, 4.69) is 5.32 Å². The van der Waals surface area contributed by atoms with Crippen LogP contribution in [0, 0.1) is 5.41 Å². The molecule has 0 atom stereocenters. The molecule has 0 spiro atoms. The van der Waals surface area contributed by atoms with E-state index in [1.165, 1.54) is 12.8 Å². The highest BCUT2D eigenvalue weighted by atomic mass is 16.5. The number of nitrogens with one attached hydrogen (secondary N) is 1. The van der Waals surface area contributed by atoms with Crippen molar-refractivity contribution in [1.29, 1.82) is 0 Å². The van der Waals surface area contributed by atoms with Crippen molar-refractivity contribution in [2.45, 2.75) is 50.5 Å². The van der Waals surface area contributed by atoms with Crippen LogP contribution < -0.4 is 11.1 Å². The largest absolute Gasteiger partial charge is 0.396 e. The molecule has 19 heavy (non-hydrogen) atoms. The lowest BCUT2D eigenvalue weighted by atomic mass is 9.82. The number of hydrogen-bond donors (Lipinski definition) is 3. The molecule has 0 aromatic carbocycles. The Hall–Kier alpha value is -0.650. The number of carbonyl (C=O) groups excluding carboxylic acids is 1. The van der Waals surface area contributed by atoms with Crippen LogP contribution in [0.25, 0.3) is 0 Å². The third-order valence-electron chi connectivity index (χ3n) is 4.77. The Labute approximate surface area is 114 Å². The first-order valence-corrected chi connectivity index (χ1v) is 7.36. The van der Waals surface area contributed by atoms with Gasteiger partial charge in [-0.05, 0) is 37.5 Å². The lowest BCUT2D eigenvalue weighted by Crippen LogP contribution is -2.58. The van der Waals surface area contributed by atoms with Gasteiger partial charge < -0.3 is 20.9 Å². The highest BCUT2D eigenvalue weighted by Crippen LogP contribution is 2.40. The summed E-state index contributed by atoms with van der Waals surface area (Å²) in [6.07, 6.45) is 6.52. The minimum atomic E-state index is -0.767. The molecule has 0 aromatic rings. The molecular weight excluding hydrogens is 244 g/mol. The summed E-state index contributed by atoms with van der Waals surface area (Å²) in [4.78, 5) is 12.3. The summed E-state index contributed by atoms with van der Waals surface area (Å²) in [7, 11) is 0. The van der Waals surface area contributed by atoms with Crippen LogP contribution >= 0.6 is 0 Å². The SMILES string of the molecule is NC1(C(=O)NCC2(CCO)CCCC2)CCOCC1. The van der Waals surface area contributed by atoms with Gasteiger partial charge in [-0.2, -0.15) is 0 Å². The van der Waals surface area contributed by atoms with E-state index in [0.717, 1.165) is 19.3 Å². The Balaban J connectivity index is 1.88. The monoisotopic (exact) mass is 270 g/mol. The van der Waals surface area contributed by atoms with Crippen LogP contribution in [0.4, 0.5) is 0 Å². The summed E-state index contributed by atoms with van der Waals surface area (Å²) in [5, 5.41) is 12.2. The summed E-state index contributed by atoms with van der Waals surface area (Å²) < 4.78 is 5.26. The first kappa shape index (κ1) is 14.8. The second kappa shape index (κ2) is 6.20. The Morgan fingerprint density at radius 1 is 1.21 bits per heavy atom. The average molecular weight is 270 g/mol. The van der Waals surface area contributed by atoms with Crippen molar-refractivity contribution in [3.05, 3.63) is 0 Å². The first-order chi connectivity index (χ1) is 9.10. The number of hydrogen-bond acceptors (Lipinski definition) is 4. The lowest BCUT2D eigenvalue weighted by molar-refractivity contribution is -0.130. The minimum Gasteiger partial charge on any atom is -0.396 e. The van der Waals surface area contributed by atoms with Crippen LogP contribution in [-0.2, 0) is 9.53 Å². The lowest BCUT2D eigenvalue weighted by Gasteiger charge is -2.34. The fourth-order valence-electron chi connectivity index (χ4n) is 3.28. The van der Waals surface area contributed by atoms with Crippen LogP contribution in [-0.4, -0.2) is 42.9 Å². The Morgan fingerprint density at radius 2 is 1.84 bits per heavy atom. The number of aliphatic hydroxyl groups is 1. The standard InChI is InChI=1S/C14H26N2O3/c15-14(6-9-19-10-7-14)12(18)16-11-13(5-8-17)3-1-2-4-13/h17H,1-11,15H2,(H,16,18). The van der Waals surface area contributed by atoms with E-state index in [-0.39, 0.29) is 17.9 Å². The zero-order valence-corrected chi connectivity index (χ0v) is 11.6. The Bertz CT molecular complexity index is 308. The molecule has 5 nitrogen and oxygen atoms in total. The number of amides is 1. The van der Waals surface area contributed by atoms with Gasteiger partial charge in [-0.3, -0.25) is 4.79 Å². The average Bonchev–Trinajstić information content (AvgIpc) is 2.86. The molecule has 1 heterocycles. The zero-order chi connectivity index (χ0) is 13.8. The van der Waals surface area contributed by atoms with Crippen molar-refractivity contribution < 1.29 is 14.6 Å². The molecule has 2 aliphatic rings. The molecule has 110 valence electrons. The van der Waals surface area contributed by atoms with Gasteiger partial charge in [0.1, 0.15) is 0 Å². The summed E-state index contributed by atoms with van der Waals surface area (Å²) in [6, 6.07) is 0. The highest BCUT2D eigenvalue weighted by molar-refractivity contribution is 5.86. The third-order valence-corrected chi connectivity index (χ3v) is 4.77. The summed E-state index contributed by atoms with van der Waals surface area (Å²) in [5.74, 6) is -0.0555. The summed E-state index contributed by atoms with van der Waals surface area (Å²) in [5.41, 5.74) is 5.49. The maximum absolute atomic E-state index is 12.3. The fraction of sp³-hybridized carbons (Fsp3) is 0.929. The van der Waals surface area contributed by atoms with E-state index in [9.17, 15) is 9.90 Å². The molecule has 1 amide bonds. The molecule has 0 aromatic heterocycles. The second-order valence-corrected chi connectivity index (χ2v) is 6.13. The van der Waals surface area contributed by atoms with Crippen molar-refractivity contribution in [3.8, 4) is 0 Å². The molecule has 2 fully saturated rings. The maximum atomic E-state index is 12.3. The molecule has 4 N–H and O–H groups in total. The summed E-state index contributed by atoms with van der Waals surface area (Å²) in [6.45, 7) is 1.96. The van der Waals surface area contributed by atoms with Crippen molar-refractivity contribution in [1.82, 2.24) is 5.32 Å². The molecule has 5 heteroatoms. The smallest absolute Gasteiger partial charge is 0.240 e. The van der Waals surface area contributed by atoms with Crippen LogP contribution in [0.5, 0.6) is 0 Å². The second-order valence-electron chi connectivity index (χ2n) is 6.13. The molecule has 0 unspecified atom stereocenters. The van der Waals surface area contributed by atoms with Crippen molar-refractivity contribution in [2.75, 3.05) is 26.4 Å². The summed E-state index contributed by atoms with van der Waals surface area (Å²) >= 11 is 0. The van der Waals surface area contributed by atoms with Crippen molar-refractivity contribution >= 4 is 5.91 Å². The van der Waals surface area contributed by atoms with E-state index in [0.29, 0.717) is 32.6 Å². The minimum absolute atomic E-state index is 0.0555. The van der Waals surface area contributed by atoms with E-state index in [1.54, 1.807) is 0 Å². The predicted molar refractivity (Wildman–Crippen MR) is 72.6 cm³/mol. The van der Waals surface area contributed by atoms with Gasteiger partial charge in [-0.15, -0.1) is 0 Å². The van der Waals surface area contributed by atoms with Gasteiger partial charge >= 0.3 is 0 Å². The quantitative estimate of drug-likeness (QED) is 0.681. The highest BCUT2D eigenvalue weighted by Gasteiger charge is 2.38. The molecular formula is C14H26N2O3. The topological polar surface area (TPSA) is 84.6 Å². The van der Waals surface area contributed by atoms with E-state index in [1.807, 2.05) is 0 Å². The molecule has 1 saturated carbocycles. The Morgan fingerprint density at radius 3 is 2.42 bits per heavy atom. The molecule has 1 aliphatic heterocycles. The van der Waals surface area contributed by atoms with Crippen molar-refractivity contribution in [2.24, 2.45) is 11.1 Å². The van der Waals surface area contributed by atoms with Crippen LogP contribution in [0.1, 0.15) is 44.9 Å². The number of carbonyl (C=O) groups is 1. The third kappa shape index (κ3) is 3.46. The predicted octanol–water partition coefficient (Wildman–Crippen LogP) is 0.553. The number of aliphatic hydroxyl groups excluding tert-OH is 1. The van der Waals surface area contributed by atoms with Gasteiger partial charge in [0.05, 0.1) is 5.54 Å². The van der Waals surface area contributed by atoms with E-state index < -0.39 is 5.54 Å². The molecule has 0 bridgehead atoms. The Kier molecular flexibility index (Phi) is 4.81. The molecule has 2 rings (SSSR count). The molecule has 1 saturated heterocycles. The number of ether oxygens (including phenoxy) is 1. The first-order valence-electron chi connectivity index (χ1n) is 7.36. The van der Waals surface area contributed by atoms with Crippen molar-refractivity contribution in [3.63, 3.8) is 0 Å². The van der Waals surface area contributed by atoms with E-state index >= 15 is 0 Å². The van der Waals surface area contributed by atoms with E-state index in [4.69, 9.17) is 10.5 Å². The molecule has 0 radical (unpaired) electrons. The normalized spacial score (nSPS) is 25.2. The number of rotatable bonds is 5.